The van der Waals surface area contributed by atoms with E-state index in [1.165, 1.54) is 0 Å². The van der Waals surface area contributed by atoms with E-state index >= 15 is 0 Å². The van der Waals surface area contributed by atoms with Crippen LogP contribution in [-0.2, 0) is 10.0 Å². The number of methoxy groups -OCH3 is 1. The number of hydrogen-bond acceptors (Lipinski definition) is 3. The van der Waals surface area contributed by atoms with Gasteiger partial charge in [0.15, 0.2) is 0 Å². The van der Waals surface area contributed by atoms with Crippen molar-refractivity contribution < 1.29 is 13.2 Å². The summed E-state index contributed by atoms with van der Waals surface area (Å²) in [6.07, 6.45) is 4.00. The summed E-state index contributed by atoms with van der Waals surface area (Å²) in [6.45, 7) is 4.38. The van der Waals surface area contributed by atoms with Gasteiger partial charge >= 0.3 is 0 Å². The second-order valence-corrected chi connectivity index (χ2v) is 8.94. The minimum Gasteiger partial charge on any atom is -0.496 e. The maximum Gasteiger partial charge on any atom is 0.240 e. The summed E-state index contributed by atoms with van der Waals surface area (Å²) in [6, 6.07) is 4.82. The summed E-state index contributed by atoms with van der Waals surface area (Å²) in [7, 11) is -1.94. The maximum atomic E-state index is 12.5. The van der Waals surface area contributed by atoms with Gasteiger partial charge in [-0.3, -0.25) is 0 Å². The largest absolute Gasteiger partial charge is 0.496 e. The Hall–Kier alpha value is -0.590. The van der Waals surface area contributed by atoms with Crippen LogP contribution in [0.25, 0.3) is 0 Å². The van der Waals surface area contributed by atoms with Crippen molar-refractivity contribution in [3.05, 3.63) is 22.7 Å². The monoisotopic (exact) mass is 375 g/mol. The van der Waals surface area contributed by atoms with Crippen LogP contribution >= 0.6 is 15.9 Å². The molecule has 1 aliphatic rings. The van der Waals surface area contributed by atoms with Crippen LogP contribution in [0, 0.1) is 5.41 Å². The summed E-state index contributed by atoms with van der Waals surface area (Å²) < 4.78 is 33.6. The molecule has 2 rings (SSSR count). The van der Waals surface area contributed by atoms with E-state index in [2.05, 4.69) is 34.5 Å². The fourth-order valence-electron chi connectivity index (χ4n) is 2.90. The minimum atomic E-state index is -3.49. The lowest BCUT2D eigenvalue weighted by molar-refractivity contribution is 0.212. The first kappa shape index (κ1) is 16.8. The zero-order valence-corrected chi connectivity index (χ0v) is 15.1. The molecule has 1 atom stereocenters. The SMILES string of the molecule is COc1ccc(S(=O)(=O)NC2CCCC(C)(C)C2)cc1Br. The van der Waals surface area contributed by atoms with Gasteiger partial charge in [0.1, 0.15) is 5.75 Å². The van der Waals surface area contributed by atoms with Crippen molar-refractivity contribution >= 4 is 26.0 Å². The molecule has 21 heavy (non-hydrogen) atoms. The lowest BCUT2D eigenvalue weighted by atomic mass is 9.75. The zero-order chi connectivity index (χ0) is 15.7. The van der Waals surface area contributed by atoms with E-state index in [0.717, 1.165) is 25.7 Å². The van der Waals surface area contributed by atoms with E-state index in [9.17, 15) is 8.42 Å². The van der Waals surface area contributed by atoms with E-state index in [-0.39, 0.29) is 16.4 Å². The van der Waals surface area contributed by atoms with Crippen LogP contribution in [0.15, 0.2) is 27.6 Å². The van der Waals surface area contributed by atoms with Gasteiger partial charge in [0.25, 0.3) is 0 Å². The second kappa shape index (κ2) is 6.26. The first-order chi connectivity index (χ1) is 9.73. The lowest BCUT2D eigenvalue weighted by Gasteiger charge is -2.35. The molecular formula is C15H22BrNO3S. The van der Waals surface area contributed by atoms with Gasteiger partial charge in [0, 0.05) is 6.04 Å². The van der Waals surface area contributed by atoms with Gasteiger partial charge in [-0.1, -0.05) is 20.3 Å². The van der Waals surface area contributed by atoms with Crippen LogP contribution in [0.3, 0.4) is 0 Å². The molecule has 1 fully saturated rings. The van der Waals surface area contributed by atoms with Crippen LogP contribution < -0.4 is 9.46 Å². The third-order valence-electron chi connectivity index (χ3n) is 3.96. The predicted molar refractivity (Wildman–Crippen MR) is 87.1 cm³/mol. The van der Waals surface area contributed by atoms with Crippen LogP contribution in [0.1, 0.15) is 39.5 Å². The highest BCUT2D eigenvalue weighted by atomic mass is 79.9. The Morgan fingerprint density at radius 2 is 2.10 bits per heavy atom. The second-order valence-electron chi connectivity index (χ2n) is 6.38. The quantitative estimate of drug-likeness (QED) is 0.872. The van der Waals surface area contributed by atoms with Crippen molar-refractivity contribution in [2.75, 3.05) is 7.11 Å². The third kappa shape index (κ3) is 4.20. The van der Waals surface area contributed by atoms with Crippen molar-refractivity contribution in [2.45, 2.75) is 50.5 Å². The molecule has 0 radical (unpaired) electrons. The van der Waals surface area contributed by atoms with Crippen LogP contribution in [0.2, 0.25) is 0 Å². The number of sulfonamides is 1. The Kier molecular flexibility index (Phi) is 5.00. The number of hydrogen-bond donors (Lipinski definition) is 1. The van der Waals surface area contributed by atoms with Crippen LogP contribution in [-0.4, -0.2) is 21.6 Å². The van der Waals surface area contributed by atoms with Crippen molar-refractivity contribution in [1.29, 1.82) is 0 Å². The average Bonchev–Trinajstić information content (AvgIpc) is 2.36. The first-order valence-corrected chi connectivity index (χ1v) is 9.37. The Bertz CT molecular complexity index is 613. The van der Waals surface area contributed by atoms with Gasteiger partial charge in [-0.25, -0.2) is 13.1 Å². The Morgan fingerprint density at radius 3 is 2.67 bits per heavy atom. The molecule has 1 aliphatic carbocycles. The molecule has 118 valence electrons. The smallest absolute Gasteiger partial charge is 0.240 e. The Labute approximate surface area is 135 Å². The van der Waals surface area contributed by atoms with Gasteiger partial charge in [-0.15, -0.1) is 0 Å². The zero-order valence-electron chi connectivity index (χ0n) is 12.6. The van der Waals surface area contributed by atoms with E-state index in [4.69, 9.17) is 4.74 Å². The highest BCUT2D eigenvalue weighted by Crippen LogP contribution is 2.36. The molecule has 0 saturated heterocycles. The molecule has 1 unspecified atom stereocenters. The normalized spacial score (nSPS) is 22.0. The summed E-state index contributed by atoms with van der Waals surface area (Å²) in [4.78, 5) is 0.263. The number of ether oxygens (including phenoxy) is 1. The maximum absolute atomic E-state index is 12.5. The van der Waals surface area contributed by atoms with Crippen molar-refractivity contribution in [2.24, 2.45) is 5.41 Å². The fourth-order valence-corrected chi connectivity index (χ4v) is 4.89. The van der Waals surface area contributed by atoms with Gasteiger partial charge in [-0.2, -0.15) is 0 Å². The first-order valence-electron chi connectivity index (χ1n) is 7.09. The van der Waals surface area contributed by atoms with Gasteiger partial charge < -0.3 is 4.74 Å². The minimum absolute atomic E-state index is 0.0135. The van der Waals surface area contributed by atoms with Crippen LogP contribution in [0.5, 0.6) is 5.75 Å². The molecule has 0 spiro atoms. The molecule has 4 nitrogen and oxygen atoms in total. The molecule has 0 bridgehead atoms. The summed E-state index contributed by atoms with van der Waals surface area (Å²) >= 11 is 3.33. The molecule has 1 N–H and O–H groups in total. The van der Waals surface area contributed by atoms with Crippen molar-refractivity contribution in [3.8, 4) is 5.75 Å². The summed E-state index contributed by atoms with van der Waals surface area (Å²) in [5, 5.41) is 0. The molecule has 6 heteroatoms. The van der Waals surface area contributed by atoms with E-state index < -0.39 is 10.0 Å². The van der Waals surface area contributed by atoms with E-state index in [1.54, 1.807) is 25.3 Å². The number of halogens is 1. The predicted octanol–water partition coefficient (Wildman–Crippen LogP) is 3.70. The molecule has 0 amide bonds. The standard InChI is InChI=1S/C15H22BrNO3S/c1-15(2)8-4-5-11(10-15)17-21(18,19)12-6-7-14(20-3)13(16)9-12/h6-7,9,11,17H,4-5,8,10H2,1-3H3. The Morgan fingerprint density at radius 1 is 1.38 bits per heavy atom. The number of nitrogens with one attached hydrogen (secondary N) is 1. The summed E-state index contributed by atoms with van der Waals surface area (Å²) in [5.74, 6) is 0.618. The number of rotatable bonds is 4. The topological polar surface area (TPSA) is 55.4 Å². The van der Waals surface area contributed by atoms with Crippen LogP contribution in [0.4, 0.5) is 0 Å². The average molecular weight is 376 g/mol. The highest BCUT2D eigenvalue weighted by molar-refractivity contribution is 9.10. The third-order valence-corrected chi connectivity index (χ3v) is 6.10. The fraction of sp³-hybridized carbons (Fsp3) is 0.600. The molecule has 0 aliphatic heterocycles. The molecule has 0 heterocycles. The van der Waals surface area contributed by atoms with Gasteiger partial charge in [0.05, 0.1) is 16.5 Å². The summed E-state index contributed by atoms with van der Waals surface area (Å²) in [5.41, 5.74) is 0.200. The molecular weight excluding hydrogens is 354 g/mol. The Balaban J connectivity index is 2.17. The molecule has 1 aromatic carbocycles. The molecule has 1 saturated carbocycles. The lowest BCUT2D eigenvalue weighted by Crippen LogP contribution is -2.40. The number of benzene rings is 1. The van der Waals surface area contributed by atoms with Crippen molar-refractivity contribution in [1.82, 2.24) is 4.72 Å². The van der Waals surface area contributed by atoms with Gasteiger partial charge in [-0.05, 0) is 58.8 Å². The molecule has 1 aromatic rings. The van der Waals surface area contributed by atoms with Gasteiger partial charge in [0.2, 0.25) is 10.0 Å². The molecule has 0 aromatic heterocycles. The van der Waals surface area contributed by atoms with E-state index in [1.807, 2.05) is 0 Å². The van der Waals surface area contributed by atoms with Crippen molar-refractivity contribution in [3.63, 3.8) is 0 Å². The van der Waals surface area contributed by atoms with E-state index in [0.29, 0.717) is 10.2 Å². The highest BCUT2D eigenvalue weighted by Gasteiger charge is 2.30.